The molecule has 0 spiro atoms. The third-order valence-electron chi connectivity index (χ3n) is 2.80. The lowest BCUT2D eigenvalue weighted by atomic mass is 10.0. The van der Waals surface area contributed by atoms with Crippen molar-refractivity contribution < 1.29 is 0 Å². The number of hydrogen-bond donors (Lipinski definition) is 0. The van der Waals surface area contributed by atoms with E-state index in [4.69, 9.17) is 23.2 Å². The van der Waals surface area contributed by atoms with E-state index in [9.17, 15) is 0 Å². The van der Waals surface area contributed by atoms with E-state index >= 15 is 0 Å². The van der Waals surface area contributed by atoms with Gasteiger partial charge < -0.3 is 0 Å². The Labute approximate surface area is 112 Å². The van der Waals surface area contributed by atoms with Crippen LogP contribution in [0.15, 0.2) is 36.4 Å². The van der Waals surface area contributed by atoms with Crippen LogP contribution >= 0.6 is 23.2 Å². The van der Waals surface area contributed by atoms with Gasteiger partial charge in [0.15, 0.2) is 0 Å². The molecule has 0 atom stereocenters. The summed E-state index contributed by atoms with van der Waals surface area (Å²) in [6.07, 6.45) is 0.776. The lowest BCUT2D eigenvalue weighted by Crippen LogP contribution is -1.91. The number of halogens is 2. The third-order valence-corrected chi connectivity index (χ3v) is 3.50. The molecule has 0 aliphatic heterocycles. The van der Waals surface area contributed by atoms with Crippen LogP contribution in [0.25, 0.3) is 0 Å². The molecule has 0 aliphatic rings. The first-order valence-corrected chi connectivity index (χ1v) is 6.32. The van der Waals surface area contributed by atoms with Crippen LogP contribution in [0.5, 0.6) is 0 Å². The zero-order valence-electron chi connectivity index (χ0n) is 9.93. The first-order valence-electron chi connectivity index (χ1n) is 5.56. The van der Waals surface area contributed by atoms with Gasteiger partial charge in [0.2, 0.25) is 0 Å². The van der Waals surface area contributed by atoms with Crippen LogP contribution in [0.4, 0.5) is 0 Å². The second kappa shape index (κ2) is 5.12. The molecule has 17 heavy (non-hydrogen) atoms. The van der Waals surface area contributed by atoms with Gasteiger partial charge in [0.05, 0.1) is 0 Å². The number of rotatable bonds is 2. The lowest BCUT2D eigenvalue weighted by Gasteiger charge is -2.08. The quantitative estimate of drug-likeness (QED) is 0.700. The average Bonchev–Trinajstić information content (AvgIpc) is 2.25. The minimum Gasteiger partial charge on any atom is -0.0840 e. The van der Waals surface area contributed by atoms with Gasteiger partial charge in [-0.3, -0.25) is 0 Å². The zero-order chi connectivity index (χ0) is 12.4. The maximum atomic E-state index is 6.22. The molecule has 0 aliphatic carbocycles. The molecule has 0 amide bonds. The Kier molecular flexibility index (Phi) is 3.76. The Hall–Kier alpha value is -0.980. The van der Waals surface area contributed by atoms with Crippen molar-refractivity contribution in [2.24, 2.45) is 0 Å². The van der Waals surface area contributed by atoms with Crippen LogP contribution in [0, 0.1) is 13.8 Å². The van der Waals surface area contributed by atoms with Crippen molar-refractivity contribution in [1.82, 2.24) is 0 Å². The van der Waals surface area contributed by atoms with Gasteiger partial charge >= 0.3 is 0 Å². The smallest absolute Gasteiger partial charge is 0.0444 e. The molecule has 0 fully saturated rings. The van der Waals surface area contributed by atoms with Gasteiger partial charge in [-0.05, 0) is 48.2 Å². The van der Waals surface area contributed by atoms with Gasteiger partial charge in [-0.2, -0.15) is 0 Å². The van der Waals surface area contributed by atoms with Crippen molar-refractivity contribution in [2.45, 2.75) is 20.3 Å². The molecule has 2 aromatic rings. The molecule has 2 rings (SSSR count). The van der Waals surface area contributed by atoms with Gasteiger partial charge in [0, 0.05) is 16.5 Å². The molecule has 2 heteroatoms. The number of aryl methyl sites for hydroxylation is 2. The summed E-state index contributed by atoms with van der Waals surface area (Å²) >= 11 is 12.4. The Morgan fingerprint density at radius 1 is 0.765 bits per heavy atom. The van der Waals surface area contributed by atoms with Crippen LogP contribution in [-0.4, -0.2) is 0 Å². The van der Waals surface area contributed by atoms with Crippen molar-refractivity contribution in [1.29, 1.82) is 0 Å². The lowest BCUT2D eigenvalue weighted by molar-refractivity contribution is 1.18. The van der Waals surface area contributed by atoms with Gasteiger partial charge in [0.25, 0.3) is 0 Å². The SMILES string of the molecule is Cc1ccc(Cc2ccc(C)cc2Cl)c(Cl)c1. The van der Waals surface area contributed by atoms with Crippen molar-refractivity contribution in [3.05, 3.63) is 68.7 Å². The van der Waals surface area contributed by atoms with Crippen LogP contribution in [-0.2, 0) is 6.42 Å². The summed E-state index contributed by atoms with van der Waals surface area (Å²) in [6, 6.07) is 12.2. The predicted octanol–water partition coefficient (Wildman–Crippen LogP) is 5.20. The van der Waals surface area contributed by atoms with Crippen molar-refractivity contribution in [3.8, 4) is 0 Å². The fraction of sp³-hybridized carbons (Fsp3) is 0.200. The molecule has 2 aromatic carbocycles. The zero-order valence-corrected chi connectivity index (χ0v) is 11.4. The molecule has 0 heterocycles. The van der Waals surface area contributed by atoms with Gasteiger partial charge in [-0.15, -0.1) is 0 Å². The second-order valence-electron chi connectivity index (χ2n) is 4.37. The molecular weight excluding hydrogens is 251 g/mol. The van der Waals surface area contributed by atoms with Gasteiger partial charge in [-0.25, -0.2) is 0 Å². The Morgan fingerprint density at radius 2 is 1.18 bits per heavy atom. The van der Waals surface area contributed by atoms with E-state index in [0.29, 0.717) is 0 Å². The Morgan fingerprint density at radius 3 is 1.53 bits per heavy atom. The van der Waals surface area contributed by atoms with E-state index in [-0.39, 0.29) is 0 Å². The van der Waals surface area contributed by atoms with E-state index in [1.807, 2.05) is 26.0 Å². The summed E-state index contributed by atoms with van der Waals surface area (Å²) < 4.78 is 0. The highest BCUT2D eigenvalue weighted by molar-refractivity contribution is 6.32. The number of benzene rings is 2. The monoisotopic (exact) mass is 264 g/mol. The molecule has 0 saturated carbocycles. The first kappa shape index (κ1) is 12.5. The van der Waals surface area contributed by atoms with E-state index < -0.39 is 0 Å². The predicted molar refractivity (Wildman–Crippen MR) is 75.2 cm³/mol. The molecule has 0 unspecified atom stereocenters. The first-order chi connectivity index (χ1) is 8.06. The minimum absolute atomic E-state index is 0.776. The Bertz CT molecular complexity index is 495. The summed E-state index contributed by atoms with van der Waals surface area (Å²) in [5.41, 5.74) is 4.58. The second-order valence-corrected chi connectivity index (χ2v) is 5.18. The molecular formula is C15H14Cl2. The normalized spacial score (nSPS) is 10.6. The Balaban J connectivity index is 2.31. The van der Waals surface area contributed by atoms with Crippen molar-refractivity contribution >= 4 is 23.2 Å². The molecule has 0 nitrogen and oxygen atoms in total. The summed E-state index contributed by atoms with van der Waals surface area (Å²) in [5.74, 6) is 0. The highest BCUT2D eigenvalue weighted by Gasteiger charge is 2.05. The van der Waals surface area contributed by atoms with Crippen LogP contribution in [0.3, 0.4) is 0 Å². The topological polar surface area (TPSA) is 0 Å². The maximum Gasteiger partial charge on any atom is 0.0444 e. The molecule has 0 saturated heterocycles. The van der Waals surface area contributed by atoms with Crippen LogP contribution < -0.4 is 0 Å². The average molecular weight is 265 g/mol. The van der Waals surface area contributed by atoms with E-state index in [2.05, 4.69) is 24.3 Å². The summed E-state index contributed by atoms with van der Waals surface area (Å²) in [7, 11) is 0. The van der Waals surface area contributed by atoms with Crippen LogP contribution in [0.2, 0.25) is 10.0 Å². The van der Waals surface area contributed by atoms with Crippen molar-refractivity contribution in [3.63, 3.8) is 0 Å². The minimum atomic E-state index is 0.776. The van der Waals surface area contributed by atoms with E-state index in [1.54, 1.807) is 0 Å². The van der Waals surface area contributed by atoms with Crippen LogP contribution in [0.1, 0.15) is 22.3 Å². The van der Waals surface area contributed by atoms with E-state index in [1.165, 1.54) is 11.1 Å². The largest absolute Gasteiger partial charge is 0.0840 e. The standard InChI is InChI=1S/C15H14Cl2/c1-10-3-5-12(14(16)7-10)9-13-6-4-11(2)8-15(13)17/h3-8H,9H2,1-2H3. The van der Waals surface area contributed by atoms with Crippen molar-refractivity contribution in [2.75, 3.05) is 0 Å². The highest BCUT2D eigenvalue weighted by atomic mass is 35.5. The van der Waals surface area contributed by atoms with E-state index in [0.717, 1.165) is 27.6 Å². The molecule has 0 aromatic heterocycles. The summed E-state index contributed by atoms with van der Waals surface area (Å²) in [4.78, 5) is 0. The fourth-order valence-electron chi connectivity index (χ4n) is 1.80. The third kappa shape index (κ3) is 3.02. The molecule has 0 bridgehead atoms. The summed E-state index contributed by atoms with van der Waals surface area (Å²) in [6.45, 7) is 4.07. The summed E-state index contributed by atoms with van der Waals surface area (Å²) in [5, 5.41) is 1.61. The number of hydrogen-bond acceptors (Lipinski definition) is 0. The molecule has 0 radical (unpaired) electrons. The maximum absolute atomic E-state index is 6.22. The fourth-order valence-corrected chi connectivity index (χ4v) is 2.40. The van der Waals surface area contributed by atoms with Gasteiger partial charge in [0.1, 0.15) is 0 Å². The van der Waals surface area contributed by atoms with Gasteiger partial charge in [-0.1, -0.05) is 47.5 Å². The highest BCUT2D eigenvalue weighted by Crippen LogP contribution is 2.25. The molecule has 0 N–H and O–H groups in total. The molecule has 88 valence electrons.